The van der Waals surface area contributed by atoms with Crippen molar-refractivity contribution in [2.75, 3.05) is 18.4 Å². The van der Waals surface area contributed by atoms with Crippen LogP contribution in [0.1, 0.15) is 6.42 Å². The molecule has 0 unspecified atom stereocenters. The smallest absolute Gasteiger partial charge is 0.230 e. The van der Waals surface area contributed by atoms with Crippen molar-refractivity contribution < 1.29 is 18.0 Å². The summed E-state index contributed by atoms with van der Waals surface area (Å²) >= 11 is 1.43. The first-order valence-electron chi connectivity index (χ1n) is 6.17. The lowest BCUT2D eigenvalue weighted by Gasteiger charge is -2.16. The molecule has 3 rings (SSSR count). The topological polar surface area (TPSA) is 44.7 Å². The van der Waals surface area contributed by atoms with Crippen LogP contribution in [0.15, 0.2) is 28.2 Å². The van der Waals surface area contributed by atoms with Crippen molar-refractivity contribution in [1.29, 1.82) is 0 Å². The molecule has 4 nitrogen and oxygen atoms in total. The van der Waals surface area contributed by atoms with Gasteiger partial charge in [-0.1, -0.05) is 11.8 Å². The highest BCUT2D eigenvalue weighted by Gasteiger charge is 2.27. The first-order valence-corrected chi connectivity index (χ1v) is 7.05. The minimum atomic E-state index is -1.60. The molecule has 1 aromatic rings. The molecule has 0 saturated carbocycles. The average Bonchev–Trinajstić information content (AvgIpc) is 3.05. The summed E-state index contributed by atoms with van der Waals surface area (Å²) in [6.07, 6.45) is 0.0183. The van der Waals surface area contributed by atoms with Crippen molar-refractivity contribution in [2.24, 2.45) is 4.99 Å². The van der Waals surface area contributed by atoms with Crippen LogP contribution in [0.5, 0.6) is 0 Å². The molecule has 2 aliphatic rings. The van der Waals surface area contributed by atoms with Crippen molar-refractivity contribution in [3.8, 4) is 0 Å². The molecular weight excluding hydrogens is 303 g/mol. The van der Waals surface area contributed by atoms with Gasteiger partial charge in [0.1, 0.15) is 0 Å². The van der Waals surface area contributed by atoms with Gasteiger partial charge in [0.25, 0.3) is 0 Å². The molecule has 0 aromatic heterocycles. The monoisotopic (exact) mass is 313 g/mol. The Hall–Kier alpha value is -1.96. The SMILES string of the molecule is O=C(CC1=CSC2=NCCN12)Nc1ccc(F)c(F)c1F. The van der Waals surface area contributed by atoms with Gasteiger partial charge in [-0.3, -0.25) is 9.79 Å². The third-order valence-corrected chi connectivity index (χ3v) is 4.05. The first kappa shape index (κ1) is 14.0. The molecule has 1 N–H and O–H groups in total. The number of rotatable bonds is 3. The Kier molecular flexibility index (Phi) is 3.62. The fourth-order valence-electron chi connectivity index (χ4n) is 2.10. The maximum absolute atomic E-state index is 13.5. The number of halogens is 3. The van der Waals surface area contributed by atoms with E-state index in [9.17, 15) is 18.0 Å². The maximum Gasteiger partial charge on any atom is 0.230 e. The number of benzene rings is 1. The highest BCUT2D eigenvalue weighted by Crippen LogP contribution is 2.31. The molecule has 110 valence electrons. The Labute approximate surface area is 122 Å². The molecule has 1 amide bonds. The van der Waals surface area contributed by atoms with Gasteiger partial charge in [-0.2, -0.15) is 0 Å². The Balaban J connectivity index is 1.68. The van der Waals surface area contributed by atoms with Crippen molar-refractivity contribution in [3.63, 3.8) is 0 Å². The number of fused-ring (bicyclic) bond motifs is 1. The minimum Gasteiger partial charge on any atom is -0.323 e. The van der Waals surface area contributed by atoms with E-state index < -0.39 is 23.4 Å². The minimum absolute atomic E-state index is 0.0183. The highest BCUT2D eigenvalue weighted by atomic mass is 32.2. The third kappa shape index (κ3) is 2.63. The number of hydrogen-bond acceptors (Lipinski definition) is 4. The van der Waals surface area contributed by atoms with Gasteiger partial charge in [-0.15, -0.1) is 0 Å². The van der Waals surface area contributed by atoms with Gasteiger partial charge >= 0.3 is 0 Å². The lowest BCUT2D eigenvalue weighted by molar-refractivity contribution is -0.115. The van der Waals surface area contributed by atoms with E-state index in [0.717, 1.165) is 23.0 Å². The standard InChI is InChI=1S/C13H10F3N3OS/c14-8-1-2-9(12(16)11(8)15)18-10(20)5-7-6-21-13-17-3-4-19(7)13/h1-2,6H,3-5H2,(H,18,20). The fraction of sp³-hybridized carbons (Fsp3) is 0.231. The molecule has 1 aromatic carbocycles. The molecule has 0 bridgehead atoms. The van der Waals surface area contributed by atoms with Crippen molar-refractivity contribution in [3.05, 3.63) is 40.7 Å². The summed E-state index contributed by atoms with van der Waals surface area (Å²) in [5, 5.41) is 4.90. The predicted molar refractivity (Wildman–Crippen MR) is 74.2 cm³/mol. The lowest BCUT2D eigenvalue weighted by atomic mass is 10.2. The molecule has 0 aliphatic carbocycles. The van der Waals surface area contributed by atoms with Gasteiger partial charge in [0, 0.05) is 12.2 Å². The van der Waals surface area contributed by atoms with E-state index in [2.05, 4.69) is 10.3 Å². The largest absolute Gasteiger partial charge is 0.323 e. The highest BCUT2D eigenvalue weighted by molar-refractivity contribution is 8.16. The van der Waals surface area contributed by atoms with Crippen LogP contribution in [0.25, 0.3) is 0 Å². The number of amidine groups is 1. The van der Waals surface area contributed by atoms with Gasteiger partial charge in [0.15, 0.2) is 22.6 Å². The van der Waals surface area contributed by atoms with Crippen molar-refractivity contribution >= 4 is 28.5 Å². The molecule has 21 heavy (non-hydrogen) atoms. The number of amides is 1. The van der Waals surface area contributed by atoms with E-state index in [1.807, 2.05) is 4.90 Å². The van der Waals surface area contributed by atoms with Crippen LogP contribution in [0.4, 0.5) is 18.9 Å². The molecule has 2 aliphatic heterocycles. The number of aliphatic imine (C=N–C) groups is 1. The first-order chi connectivity index (χ1) is 10.1. The van der Waals surface area contributed by atoms with Gasteiger partial charge < -0.3 is 10.2 Å². The van der Waals surface area contributed by atoms with Crippen LogP contribution in [0, 0.1) is 17.5 Å². The van der Waals surface area contributed by atoms with Crippen LogP contribution in [0.3, 0.4) is 0 Å². The van der Waals surface area contributed by atoms with E-state index in [4.69, 9.17) is 0 Å². The summed E-state index contributed by atoms with van der Waals surface area (Å²) < 4.78 is 39.4. The second-order valence-corrected chi connectivity index (χ2v) is 5.33. The normalized spacial score (nSPS) is 16.6. The molecule has 2 heterocycles. The molecule has 0 saturated heterocycles. The van der Waals surface area contributed by atoms with Crippen LogP contribution in [0.2, 0.25) is 0 Å². The summed E-state index contributed by atoms with van der Waals surface area (Å²) in [7, 11) is 0. The van der Waals surface area contributed by atoms with Crippen LogP contribution in [-0.2, 0) is 4.79 Å². The zero-order valence-corrected chi connectivity index (χ0v) is 11.5. The maximum atomic E-state index is 13.5. The number of nitrogens with one attached hydrogen (secondary N) is 1. The zero-order chi connectivity index (χ0) is 15.0. The molecule has 8 heteroatoms. The average molecular weight is 313 g/mol. The number of carbonyl (C=O) groups excluding carboxylic acids is 1. The zero-order valence-electron chi connectivity index (χ0n) is 10.7. The predicted octanol–water partition coefficient (Wildman–Crippen LogP) is 2.69. The molecule has 0 atom stereocenters. The fourth-order valence-corrected chi connectivity index (χ4v) is 3.05. The third-order valence-electron chi connectivity index (χ3n) is 3.10. The second-order valence-electron chi connectivity index (χ2n) is 4.49. The number of thioether (sulfide) groups is 1. The second kappa shape index (κ2) is 5.44. The van der Waals surface area contributed by atoms with E-state index in [-0.39, 0.29) is 12.1 Å². The quantitative estimate of drug-likeness (QED) is 0.873. The van der Waals surface area contributed by atoms with E-state index >= 15 is 0 Å². The Morgan fingerprint density at radius 3 is 2.95 bits per heavy atom. The van der Waals surface area contributed by atoms with E-state index in [1.165, 1.54) is 11.8 Å². The summed E-state index contributed by atoms with van der Waals surface area (Å²) in [5.41, 5.74) is 0.386. The van der Waals surface area contributed by atoms with Gasteiger partial charge in [-0.05, 0) is 17.5 Å². The van der Waals surface area contributed by atoms with Crippen molar-refractivity contribution in [1.82, 2.24) is 4.90 Å². The molecule has 0 radical (unpaired) electrons. The van der Waals surface area contributed by atoms with E-state index in [1.54, 1.807) is 5.41 Å². The Morgan fingerprint density at radius 2 is 2.14 bits per heavy atom. The summed E-state index contributed by atoms with van der Waals surface area (Å²) in [5.74, 6) is -4.79. The van der Waals surface area contributed by atoms with Crippen molar-refractivity contribution in [2.45, 2.75) is 6.42 Å². The Morgan fingerprint density at radius 1 is 1.33 bits per heavy atom. The van der Waals surface area contributed by atoms with Crippen LogP contribution < -0.4 is 5.32 Å². The number of anilines is 1. The number of hydrogen-bond donors (Lipinski definition) is 1. The summed E-state index contributed by atoms with van der Waals surface area (Å²) in [6.45, 7) is 1.39. The number of nitrogens with zero attached hydrogens (tertiary/aromatic N) is 2. The number of carbonyl (C=O) groups is 1. The molecule has 0 spiro atoms. The summed E-state index contributed by atoms with van der Waals surface area (Å²) in [6, 6.07) is 1.76. The van der Waals surface area contributed by atoms with Crippen LogP contribution >= 0.6 is 11.8 Å². The summed E-state index contributed by atoms with van der Waals surface area (Å²) in [4.78, 5) is 18.0. The van der Waals surface area contributed by atoms with E-state index in [0.29, 0.717) is 13.1 Å². The molecule has 0 fully saturated rings. The lowest BCUT2D eigenvalue weighted by Crippen LogP contribution is -2.24. The van der Waals surface area contributed by atoms with Gasteiger partial charge in [-0.25, -0.2) is 13.2 Å². The van der Waals surface area contributed by atoms with Gasteiger partial charge in [0.05, 0.1) is 18.7 Å². The molecular formula is C13H10F3N3OS. The van der Waals surface area contributed by atoms with Crippen LogP contribution in [-0.4, -0.2) is 29.1 Å². The van der Waals surface area contributed by atoms with Gasteiger partial charge in [0.2, 0.25) is 5.91 Å². The Bertz CT molecular complexity index is 675.